The predicted octanol–water partition coefficient (Wildman–Crippen LogP) is 7.93. The van der Waals surface area contributed by atoms with Crippen molar-refractivity contribution < 1.29 is 161 Å². The van der Waals surface area contributed by atoms with Gasteiger partial charge in [0.2, 0.25) is 37.6 Å². The molecule has 0 bridgehead atoms. The number of aliphatic carboxylic acids is 4. The van der Waals surface area contributed by atoms with Gasteiger partial charge in [0.15, 0.2) is 18.6 Å². The Hall–Kier alpha value is -7.24. The van der Waals surface area contributed by atoms with Crippen LogP contribution in [-0.2, 0) is 53.4 Å². The Morgan fingerprint density at radius 1 is 0.441 bits per heavy atom. The third-order valence-electron chi connectivity index (χ3n) is 19.5. The number of fused-ring (bicyclic) bond motifs is 8. The maximum Gasteiger partial charge on any atom is 0.303 e. The number of unbranched alkanes of at least 4 members (excludes halogenated alkanes) is 4. The number of pyridine rings is 4. The van der Waals surface area contributed by atoms with E-state index in [1.54, 1.807) is 45.8 Å². The monoisotopic (exact) mass is 2310 g/mol. The normalized spacial score (nSPS) is 10.8. The van der Waals surface area contributed by atoms with Gasteiger partial charge < -0.3 is 129 Å². The van der Waals surface area contributed by atoms with Crippen LogP contribution >= 0.6 is 84.9 Å². The van der Waals surface area contributed by atoms with E-state index >= 15 is 0 Å². The smallest absolute Gasteiger partial charge is 0.303 e. The van der Waals surface area contributed by atoms with E-state index in [1.807, 2.05) is 79.9 Å². The zero-order valence-electron chi connectivity index (χ0n) is 73.1. The Labute approximate surface area is 848 Å². The second-order valence-electron chi connectivity index (χ2n) is 28.1. The number of thiazole rings is 3. The van der Waals surface area contributed by atoms with Crippen LogP contribution in [-0.4, -0.2) is 96.0 Å². The molecule has 17 nitrogen and oxygen atoms in total. The average molecular weight is 2320 g/mol. The van der Waals surface area contributed by atoms with Crippen molar-refractivity contribution in [3.05, 3.63) is 287 Å². The lowest BCUT2D eigenvalue weighted by atomic mass is 10.1. The molecule has 0 unspecified atom stereocenters. The van der Waals surface area contributed by atoms with E-state index in [-0.39, 0.29) is 123 Å². The van der Waals surface area contributed by atoms with Crippen molar-refractivity contribution in [1.82, 2.24) is 14.9 Å². The van der Waals surface area contributed by atoms with E-state index in [4.69, 9.17) is 43.6 Å². The van der Waals surface area contributed by atoms with Crippen LogP contribution in [0.25, 0.3) is 80.3 Å². The van der Waals surface area contributed by atoms with Crippen LogP contribution in [0.1, 0.15) is 118 Å². The third-order valence-corrected chi connectivity index (χ3v) is 24.3. The molecule has 15 aromatic rings. The van der Waals surface area contributed by atoms with Crippen LogP contribution in [0.5, 0.6) is 0 Å². The summed E-state index contributed by atoms with van der Waals surface area (Å²) in [6.45, 7) is 19.0. The molecule has 1 aliphatic rings. The average Bonchev–Trinajstić information content (AvgIpc) is 1.67. The minimum atomic E-state index is -0.726. The number of hydrogen-bond acceptors (Lipinski definition) is 12. The number of para-hydroxylation sites is 8. The first-order chi connectivity index (χ1) is 59.1. The van der Waals surface area contributed by atoms with Crippen molar-refractivity contribution >= 4 is 195 Å². The van der Waals surface area contributed by atoms with Crippen molar-refractivity contribution in [1.29, 1.82) is 0 Å². The maximum absolute atomic E-state index is 10.8. The van der Waals surface area contributed by atoms with Crippen LogP contribution in [0.3, 0.4) is 0 Å². The van der Waals surface area contributed by atoms with Gasteiger partial charge in [-0.05, 0) is 156 Å². The number of aromatic nitrogens is 7. The lowest BCUT2D eigenvalue weighted by Gasteiger charge is -2.20. The van der Waals surface area contributed by atoms with E-state index in [0.717, 1.165) is 86.0 Å². The molecule has 29 heteroatoms. The van der Waals surface area contributed by atoms with E-state index in [9.17, 15) is 19.2 Å². The maximum atomic E-state index is 10.8. The molecule has 8 aromatic carbocycles. The number of aryl methyl sites for hydroxylation is 8. The minimum Gasteiger partial charge on any atom is -1.00 e. The van der Waals surface area contributed by atoms with Crippen LogP contribution in [0.4, 0.5) is 5.69 Å². The zero-order chi connectivity index (χ0) is 88.0. The fourth-order valence-electron chi connectivity index (χ4n) is 13.2. The molecule has 0 saturated heterocycles. The highest BCUT2D eigenvalue weighted by atomic mass is 127. The zero-order valence-corrected chi connectivity index (χ0v) is 88.6. The second kappa shape index (κ2) is 65.3. The van der Waals surface area contributed by atoms with Crippen LogP contribution in [0.2, 0.25) is 0 Å². The summed E-state index contributed by atoms with van der Waals surface area (Å²) in [5, 5.41) is 45.2. The predicted molar refractivity (Wildman–Crippen MR) is 512 cm³/mol. The number of alkyl halides is 3. The highest BCUT2D eigenvalue weighted by Gasteiger charge is 2.26. The number of carboxylic acid groups (broad SMARTS) is 4. The van der Waals surface area contributed by atoms with Crippen molar-refractivity contribution in [2.75, 3.05) is 41.7 Å². The quantitative estimate of drug-likeness (QED) is 0.0209. The molecule has 127 heavy (non-hydrogen) atoms. The first-order valence-corrected chi connectivity index (χ1v) is 46.5. The number of benzene rings is 8. The molecule has 0 spiro atoms. The lowest BCUT2D eigenvalue weighted by Crippen LogP contribution is -3.00. The van der Waals surface area contributed by atoms with Gasteiger partial charge in [0.1, 0.15) is 43.6 Å². The molecule has 1 aliphatic heterocycles. The lowest BCUT2D eigenvalue weighted by molar-refractivity contribution is -0.673. The van der Waals surface area contributed by atoms with Gasteiger partial charge in [-0.1, -0.05) is 180 Å². The molecular weight excluding hydrogens is 2200 g/mol. The van der Waals surface area contributed by atoms with Crippen LogP contribution in [0.15, 0.2) is 271 Å². The van der Waals surface area contributed by atoms with E-state index < -0.39 is 23.9 Å². The SMILES string of the molecule is CCN(CC)CC.C[n+]1ccc(/C=C2\Sc3ccccc3N2CCCCC(=O)O)c2ccccc21.C[n+]1cccc2ccccc21.C[n+]1cccc2ccccc21.Cc1nc2ccccc2s1.Cc1sc2ccccc2[n+]1CCCCC(=O)O.Cc1sc2ccccc2[n+]1CCCCC(=O)O.ClCCl.O=C(O)CCCCBr.[Br-].[Br-].[Br-].[I-].[I-].c1ccc2ncccc2c1. The van der Waals surface area contributed by atoms with Gasteiger partial charge in [0, 0.05) is 140 Å². The van der Waals surface area contributed by atoms with Gasteiger partial charge in [0.25, 0.3) is 0 Å². The van der Waals surface area contributed by atoms with Gasteiger partial charge in [-0.2, -0.15) is 9.13 Å². The van der Waals surface area contributed by atoms with Gasteiger partial charge in [0.05, 0.1) is 42.2 Å². The highest BCUT2D eigenvalue weighted by molar-refractivity contribution is 9.09. The van der Waals surface area contributed by atoms with Gasteiger partial charge >= 0.3 is 23.9 Å². The fraction of sp³-hybridized carbons (Fsp3) is 0.296. The number of thioether (sulfide) groups is 1. The molecule has 0 radical (unpaired) electrons. The number of carboxylic acids is 4. The number of nitrogens with zero attached hydrogens (tertiary/aromatic N) is 9. The second-order valence-corrected chi connectivity index (χ2v) is 34.5. The molecule has 0 atom stereocenters. The largest absolute Gasteiger partial charge is 1.00 e. The van der Waals surface area contributed by atoms with Crippen LogP contribution < -0.4 is 127 Å². The molecule has 0 amide bonds. The van der Waals surface area contributed by atoms with Gasteiger partial charge in [-0.15, -0.1) is 34.5 Å². The molecule has 4 N–H and O–H groups in total. The van der Waals surface area contributed by atoms with E-state index in [0.29, 0.717) is 12.8 Å². The highest BCUT2D eigenvalue weighted by Crippen LogP contribution is 2.47. The number of anilines is 1. The van der Waals surface area contributed by atoms with E-state index in [2.05, 4.69) is 309 Å². The molecule has 8 heterocycles. The van der Waals surface area contributed by atoms with Crippen LogP contribution in [0, 0.1) is 20.8 Å². The molecule has 680 valence electrons. The summed E-state index contributed by atoms with van der Waals surface area (Å²) in [5.74, 6) is -2.84. The van der Waals surface area contributed by atoms with Crippen molar-refractivity contribution in [2.45, 2.75) is 137 Å². The Morgan fingerprint density at radius 3 is 1.30 bits per heavy atom. The van der Waals surface area contributed by atoms with E-state index in [1.165, 1.54) is 114 Å². The first-order valence-electron chi connectivity index (χ1n) is 41.1. The van der Waals surface area contributed by atoms with Gasteiger partial charge in [-0.3, -0.25) is 24.2 Å². The fourth-order valence-corrected chi connectivity index (χ4v) is 17.6. The summed E-state index contributed by atoms with van der Waals surface area (Å²) in [4.78, 5) is 56.0. The summed E-state index contributed by atoms with van der Waals surface area (Å²) < 4.78 is 14.8. The third kappa shape index (κ3) is 40.2. The number of carbonyl (C=O) groups is 4. The standard InChI is InChI=1S/C23H22N2O2S.2C13H15NO2S.2C10H10N.C9H7N.C8H7NS.C6H15N.C5H9BrO2.CH2Cl2.3BrH.2HI/c1-24-15-13-17(18-8-2-3-9-19(18)24)16-22-25(14-7-6-12-23(26)27)20-10-4-5-11-21(20)28-22;2*1-10-14(9-5-4-8-13(15)16)11-6-2-3-7-12(11)17-10;2*1-11-8-4-6-9-5-2-3-7-10(9)11;1-2-6-9-8(4-1)5-3-7-10-9;1-6-9-7-4-2-3-5-8(7)10-6;1-4-7(5-2)6-3;6-4-2-1-3-5(7)8;2-1-3;;;;;/h2-5,8-11,13,15-16H,6-7,12,14H2,1H3;2*2-3,6-7H,4-5,8-9H2,1H3;2*2-8H,1H3;1-7H;2-5H,1H3;4-6H2,1-3H3;1-4H2,(H,7,8);1H2;5*1H/q;;;2*+1;;;;;;;;;;/p-2. The Kier molecular flexibility index (Phi) is 59.6. The number of rotatable bonds is 23. The first kappa shape index (κ1) is 116. The summed E-state index contributed by atoms with van der Waals surface area (Å²) in [5.41, 5.74) is 10.8. The van der Waals surface area contributed by atoms with Gasteiger partial charge in [-0.25, -0.2) is 18.7 Å². The topological polar surface area (TPSA) is 201 Å². The molecule has 0 saturated carbocycles. The van der Waals surface area contributed by atoms with Crippen molar-refractivity contribution in [2.24, 2.45) is 21.1 Å². The number of halogens is 8. The Morgan fingerprint density at radius 2 is 0.835 bits per heavy atom. The molecule has 0 aliphatic carbocycles. The Balaban J connectivity index is 0.000000495. The summed E-state index contributed by atoms with van der Waals surface area (Å²) >= 11 is 19.8. The number of hydrogen-bond donors (Lipinski definition) is 4. The molecule has 0 fully saturated rings. The molecular formula is C98H115Br4Cl2I2N9O8S4. The summed E-state index contributed by atoms with van der Waals surface area (Å²) in [6.07, 6.45) is 17.9. The summed E-state index contributed by atoms with van der Waals surface area (Å²) in [6, 6.07) is 81.0. The molecule has 16 rings (SSSR count). The van der Waals surface area contributed by atoms with Crippen molar-refractivity contribution in [3.8, 4) is 0 Å². The summed E-state index contributed by atoms with van der Waals surface area (Å²) in [7, 11) is 6.18. The minimum absolute atomic E-state index is 0. The molecule has 7 aromatic heterocycles. The van der Waals surface area contributed by atoms with Crippen molar-refractivity contribution in [3.63, 3.8) is 0 Å². The Bertz CT molecular complexity index is 5510.